The summed E-state index contributed by atoms with van der Waals surface area (Å²) in [5.41, 5.74) is 7.58. The van der Waals surface area contributed by atoms with Crippen molar-refractivity contribution in [1.29, 1.82) is 0 Å². The van der Waals surface area contributed by atoms with Crippen molar-refractivity contribution in [1.82, 2.24) is 0 Å². The Hall–Kier alpha value is -3.56. The van der Waals surface area contributed by atoms with E-state index < -0.39 is 6.10 Å². The van der Waals surface area contributed by atoms with Gasteiger partial charge in [-0.15, -0.1) is 0 Å². The first-order chi connectivity index (χ1) is 20.4. The van der Waals surface area contributed by atoms with E-state index in [1.54, 1.807) is 0 Å². The third kappa shape index (κ3) is 11.7. The van der Waals surface area contributed by atoms with E-state index in [2.05, 4.69) is 100 Å². The van der Waals surface area contributed by atoms with Gasteiger partial charge >= 0.3 is 0 Å². The highest BCUT2D eigenvalue weighted by Crippen LogP contribution is 2.27. The fraction of sp³-hybridized carbons (Fsp3) is 0.385. The largest absolute Gasteiger partial charge is 0.491 e. The summed E-state index contributed by atoms with van der Waals surface area (Å²) in [6, 6.07) is 33.5. The maximum atomic E-state index is 10.3. The van der Waals surface area contributed by atoms with Gasteiger partial charge in [-0.3, -0.25) is 0 Å². The Bertz CT molecular complexity index is 1110. The second-order valence-corrected chi connectivity index (χ2v) is 9.68. The number of aliphatic hydroxyl groups is 1. The molecule has 4 rings (SSSR count). The van der Waals surface area contributed by atoms with E-state index in [0.29, 0.717) is 11.8 Å². The Labute approximate surface area is 256 Å². The molecule has 0 aliphatic carbocycles. The van der Waals surface area contributed by atoms with Crippen LogP contribution in [0.25, 0.3) is 0 Å². The Kier molecular flexibility index (Phi) is 17.7. The lowest BCUT2D eigenvalue weighted by Gasteiger charge is -2.16. The summed E-state index contributed by atoms with van der Waals surface area (Å²) in [4.78, 5) is 0. The zero-order chi connectivity index (χ0) is 31.5. The van der Waals surface area contributed by atoms with Gasteiger partial charge in [0.05, 0.1) is 0 Å². The van der Waals surface area contributed by atoms with Crippen molar-refractivity contribution >= 4 is 0 Å². The molecule has 0 aromatic heterocycles. The highest BCUT2D eigenvalue weighted by molar-refractivity contribution is 5.37. The Morgan fingerprint density at radius 1 is 0.452 bits per heavy atom. The van der Waals surface area contributed by atoms with Crippen molar-refractivity contribution in [2.45, 2.75) is 87.2 Å². The molecule has 0 bridgehead atoms. The van der Waals surface area contributed by atoms with Gasteiger partial charge in [0, 0.05) is 11.8 Å². The van der Waals surface area contributed by atoms with Crippen LogP contribution < -0.4 is 9.47 Å². The number of aryl methyl sites for hydroxylation is 2. The molecule has 0 aliphatic heterocycles. The molecule has 3 heteroatoms. The Balaban J connectivity index is 0.00000138. The third-order valence-electron chi connectivity index (χ3n) is 6.80. The molecule has 1 N–H and O–H groups in total. The smallest absolute Gasteiger partial charge is 0.122 e. The zero-order valence-electron chi connectivity index (χ0n) is 27.6. The molecule has 42 heavy (non-hydrogen) atoms. The van der Waals surface area contributed by atoms with Crippen LogP contribution in [-0.2, 0) is 0 Å². The van der Waals surface area contributed by atoms with Crippen LogP contribution in [0.2, 0.25) is 0 Å². The highest BCUT2D eigenvalue weighted by Gasteiger charge is 2.11. The third-order valence-corrected chi connectivity index (χ3v) is 6.80. The van der Waals surface area contributed by atoms with Crippen LogP contribution in [0.15, 0.2) is 97.1 Å². The minimum atomic E-state index is -0.720. The summed E-state index contributed by atoms with van der Waals surface area (Å²) < 4.78 is 11.6. The van der Waals surface area contributed by atoms with Crippen molar-refractivity contribution in [3.05, 3.63) is 130 Å². The predicted molar refractivity (Wildman–Crippen MR) is 181 cm³/mol. The molecule has 2 unspecified atom stereocenters. The monoisotopic (exact) mass is 570 g/mol. The van der Waals surface area contributed by atoms with E-state index in [9.17, 15) is 5.11 Å². The van der Waals surface area contributed by atoms with Gasteiger partial charge in [-0.1, -0.05) is 139 Å². The van der Waals surface area contributed by atoms with Crippen molar-refractivity contribution in [3.8, 4) is 11.5 Å². The molecule has 0 fully saturated rings. The van der Waals surface area contributed by atoms with Gasteiger partial charge in [0.25, 0.3) is 0 Å². The number of hydrogen-bond acceptors (Lipinski definition) is 3. The first kappa shape index (κ1) is 36.5. The number of ether oxygens (including phenoxy) is 2. The highest BCUT2D eigenvalue weighted by atomic mass is 16.5. The van der Waals surface area contributed by atoms with Crippen LogP contribution in [0, 0.1) is 13.8 Å². The molecule has 0 heterocycles. The number of hydrogen-bond donors (Lipinski definition) is 1. The van der Waals surface area contributed by atoms with Crippen LogP contribution in [0.1, 0.15) is 101 Å². The van der Waals surface area contributed by atoms with Crippen LogP contribution in [-0.4, -0.2) is 24.4 Å². The maximum absolute atomic E-state index is 10.3. The van der Waals surface area contributed by atoms with E-state index in [1.807, 2.05) is 65.8 Å². The molecule has 0 saturated carbocycles. The average molecular weight is 571 g/mol. The number of benzene rings is 4. The summed E-state index contributed by atoms with van der Waals surface area (Å²) in [7, 11) is 0. The van der Waals surface area contributed by atoms with Crippen LogP contribution in [0.5, 0.6) is 11.5 Å². The topological polar surface area (TPSA) is 38.7 Å². The Morgan fingerprint density at radius 3 is 0.952 bits per heavy atom. The summed E-state index contributed by atoms with van der Waals surface area (Å²) in [5, 5.41) is 10.3. The van der Waals surface area contributed by atoms with Crippen molar-refractivity contribution in [2.75, 3.05) is 13.2 Å². The number of rotatable bonds is 10. The van der Waals surface area contributed by atoms with Crippen LogP contribution in [0.4, 0.5) is 0 Å². The lowest BCUT2D eigenvalue weighted by Crippen LogP contribution is -2.25. The number of aliphatic hydroxyl groups excluding tert-OH is 1. The van der Waals surface area contributed by atoms with Crippen molar-refractivity contribution in [2.24, 2.45) is 0 Å². The van der Waals surface area contributed by atoms with Gasteiger partial charge in [-0.05, 0) is 60.4 Å². The summed E-state index contributed by atoms with van der Waals surface area (Å²) in [5.74, 6) is 2.10. The second kappa shape index (κ2) is 20.3. The summed E-state index contributed by atoms with van der Waals surface area (Å²) in [6.07, 6.45) is -0.720. The SMILES string of the molecule is CC.CC.CC.Cc1ccc(C(C)c2ccc(OCC(O)COc3ccc(C(C)c4ccc(C)cc4)cc3)cc2)cc1. The van der Waals surface area contributed by atoms with Gasteiger partial charge < -0.3 is 14.6 Å². The second-order valence-electron chi connectivity index (χ2n) is 9.68. The average Bonchev–Trinajstić information content (AvgIpc) is 3.06. The maximum Gasteiger partial charge on any atom is 0.122 e. The van der Waals surface area contributed by atoms with E-state index in [-0.39, 0.29) is 13.2 Å². The van der Waals surface area contributed by atoms with E-state index in [4.69, 9.17) is 9.47 Å². The lowest BCUT2D eigenvalue weighted by molar-refractivity contribution is 0.0626. The molecule has 0 spiro atoms. The normalized spacial score (nSPS) is 12.1. The molecule has 3 nitrogen and oxygen atoms in total. The van der Waals surface area contributed by atoms with Crippen LogP contribution in [0.3, 0.4) is 0 Å². The molecule has 0 radical (unpaired) electrons. The van der Waals surface area contributed by atoms with Gasteiger partial charge in [-0.2, -0.15) is 0 Å². The fourth-order valence-electron chi connectivity index (χ4n) is 4.23. The first-order valence-electron chi connectivity index (χ1n) is 15.7. The predicted octanol–water partition coefficient (Wildman–Crippen LogP) is 10.5. The zero-order valence-corrected chi connectivity index (χ0v) is 27.6. The van der Waals surface area contributed by atoms with Gasteiger partial charge in [-0.25, -0.2) is 0 Å². The quantitative estimate of drug-likeness (QED) is 0.206. The standard InChI is InChI=1S/C33H36O3.3C2H6/c1-23-5-9-27(10-6-23)25(3)29-13-17-32(18-14-29)35-21-31(34)22-36-33-19-15-30(16-20-33)26(4)28-11-7-24(2)8-12-28;3*1-2/h5-20,25-26,31,34H,21-22H2,1-4H3;3*1-2H3. The molecule has 0 aliphatic rings. The fourth-order valence-corrected chi connectivity index (χ4v) is 4.23. The molecule has 0 saturated heterocycles. The van der Waals surface area contributed by atoms with Crippen molar-refractivity contribution < 1.29 is 14.6 Å². The van der Waals surface area contributed by atoms with E-state index >= 15 is 0 Å². The molecule has 2 atom stereocenters. The Morgan fingerprint density at radius 2 is 0.690 bits per heavy atom. The minimum absolute atomic E-state index is 0.176. The molecular weight excluding hydrogens is 516 g/mol. The lowest BCUT2D eigenvalue weighted by atomic mass is 9.93. The van der Waals surface area contributed by atoms with E-state index in [0.717, 1.165) is 11.5 Å². The van der Waals surface area contributed by atoms with E-state index in [1.165, 1.54) is 33.4 Å². The van der Waals surface area contributed by atoms with Gasteiger partial charge in [0.15, 0.2) is 0 Å². The van der Waals surface area contributed by atoms with Gasteiger partial charge in [0.1, 0.15) is 30.8 Å². The summed E-state index contributed by atoms with van der Waals surface area (Å²) in [6.45, 7) is 21.0. The minimum Gasteiger partial charge on any atom is -0.491 e. The molecular formula is C39H54O3. The molecule has 4 aromatic rings. The molecule has 4 aromatic carbocycles. The van der Waals surface area contributed by atoms with Gasteiger partial charge in [0.2, 0.25) is 0 Å². The van der Waals surface area contributed by atoms with Crippen molar-refractivity contribution in [3.63, 3.8) is 0 Å². The first-order valence-corrected chi connectivity index (χ1v) is 15.7. The summed E-state index contributed by atoms with van der Waals surface area (Å²) >= 11 is 0. The molecule has 0 amide bonds. The van der Waals surface area contributed by atoms with Crippen LogP contribution >= 0.6 is 0 Å². The molecule has 228 valence electrons.